The zero-order chi connectivity index (χ0) is 32.0. The second-order valence-electron chi connectivity index (χ2n) is 7.72. The molecule has 0 amide bonds. The average molecular weight is 611 g/mol. The van der Waals surface area contributed by atoms with Crippen LogP contribution in [0.3, 0.4) is 0 Å². The van der Waals surface area contributed by atoms with Crippen molar-refractivity contribution in [1.29, 1.82) is 0 Å². The van der Waals surface area contributed by atoms with E-state index in [1.54, 1.807) is 6.20 Å². The Labute approximate surface area is 224 Å². The standard InChI is InChI=1S/C16H19N3O.3C2HF3O2/c20-16-5-9-19(12-13-3-7-17-8-4-13)15(16)10-14-2-1-6-18-11-14;3*3-2(4,5)1(6)7/h1-4,6-8,11,15-16,20H,5,9-10,12H2;3*(H,6,7)/t15-,16+;;;/m0.../s1. The molecule has 10 nitrogen and oxygen atoms in total. The largest absolute Gasteiger partial charge is 0.490 e. The van der Waals surface area contributed by atoms with E-state index in [0.29, 0.717) is 0 Å². The van der Waals surface area contributed by atoms with Gasteiger partial charge in [0, 0.05) is 43.9 Å². The van der Waals surface area contributed by atoms with E-state index >= 15 is 0 Å². The molecule has 0 aliphatic carbocycles. The molecule has 0 unspecified atom stereocenters. The van der Waals surface area contributed by atoms with E-state index in [-0.39, 0.29) is 12.1 Å². The summed E-state index contributed by atoms with van der Waals surface area (Å²) >= 11 is 0. The molecule has 1 aliphatic rings. The number of aliphatic hydroxyl groups excluding tert-OH is 1. The smallest absolute Gasteiger partial charge is 0.475 e. The molecule has 0 bridgehead atoms. The van der Waals surface area contributed by atoms with E-state index < -0.39 is 36.4 Å². The minimum Gasteiger partial charge on any atom is -0.475 e. The Kier molecular flexibility index (Phi) is 14.7. The van der Waals surface area contributed by atoms with E-state index in [2.05, 4.69) is 20.9 Å². The molecular weight excluding hydrogens is 589 g/mol. The third kappa shape index (κ3) is 16.0. The number of hydrogen-bond acceptors (Lipinski definition) is 7. The van der Waals surface area contributed by atoms with Crippen LogP contribution in [0.1, 0.15) is 17.5 Å². The summed E-state index contributed by atoms with van der Waals surface area (Å²) in [5.74, 6) is -8.27. The summed E-state index contributed by atoms with van der Waals surface area (Å²) in [6.45, 7) is 1.80. The van der Waals surface area contributed by atoms with Gasteiger partial charge in [-0.25, -0.2) is 14.4 Å². The van der Waals surface area contributed by atoms with Gasteiger partial charge in [-0.2, -0.15) is 39.5 Å². The number of aliphatic hydroxyl groups is 1. The number of aromatic nitrogens is 2. The van der Waals surface area contributed by atoms with Gasteiger partial charge in [-0.05, 0) is 42.2 Å². The molecule has 2 atom stereocenters. The van der Waals surface area contributed by atoms with Crippen LogP contribution in [0.15, 0.2) is 49.1 Å². The van der Waals surface area contributed by atoms with Gasteiger partial charge in [0.2, 0.25) is 0 Å². The number of carboxylic acid groups (broad SMARTS) is 3. The van der Waals surface area contributed by atoms with E-state index in [0.717, 1.165) is 25.9 Å². The predicted octanol–water partition coefficient (Wildman–Crippen LogP) is 3.55. The highest BCUT2D eigenvalue weighted by Gasteiger charge is 2.39. The molecule has 3 rings (SSSR count). The molecule has 1 saturated heterocycles. The van der Waals surface area contributed by atoms with Gasteiger partial charge in [0.15, 0.2) is 0 Å². The Balaban J connectivity index is 0.000000631. The number of carboxylic acids is 3. The third-order valence-corrected chi connectivity index (χ3v) is 4.66. The maximum absolute atomic E-state index is 10.6. The summed E-state index contributed by atoms with van der Waals surface area (Å²) in [6.07, 6.45) is -6.51. The van der Waals surface area contributed by atoms with Gasteiger partial charge in [-0.15, -0.1) is 0 Å². The summed E-state index contributed by atoms with van der Waals surface area (Å²) in [6, 6.07) is 8.26. The van der Waals surface area contributed by atoms with Crippen LogP contribution in [-0.4, -0.2) is 90.4 Å². The number of aliphatic carboxylic acids is 3. The van der Waals surface area contributed by atoms with E-state index in [1.165, 1.54) is 11.1 Å². The van der Waals surface area contributed by atoms with Gasteiger partial charge in [0.05, 0.1) is 6.10 Å². The van der Waals surface area contributed by atoms with Crippen molar-refractivity contribution in [2.24, 2.45) is 0 Å². The first-order valence-electron chi connectivity index (χ1n) is 10.8. The fraction of sp³-hybridized carbons (Fsp3) is 0.409. The summed E-state index contributed by atoms with van der Waals surface area (Å²) in [4.78, 5) is 37.2. The summed E-state index contributed by atoms with van der Waals surface area (Å²) in [5.41, 5.74) is 2.42. The molecule has 2 aromatic rings. The molecule has 4 N–H and O–H groups in total. The molecule has 0 spiro atoms. The Morgan fingerprint density at radius 2 is 1.20 bits per heavy atom. The van der Waals surface area contributed by atoms with Crippen molar-refractivity contribution in [1.82, 2.24) is 14.9 Å². The van der Waals surface area contributed by atoms with Crippen LogP contribution in [-0.2, 0) is 27.3 Å². The van der Waals surface area contributed by atoms with Gasteiger partial charge >= 0.3 is 36.4 Å². The molecular formula is C22H22F9N3O7. The van der Waals surface area contributed by atoms with E-state index in [4.69, 9.17) is 29.7 Å². The van der Waals surface area contributed by atoms with Crippen LogP contribution in [0, 0.1) is 0 Å². The van der Waals surface area contributed by atoms with E-state index in [1.807, 2.05) is 36.8 Å². The van der Waals surface area contributed by atoms with Crippen molar-refractivity contribution < 1.29 is 74.3 Å². The molecule has 0 saturated carbocycles. The first-order valence-corrected chi connectivity index (χ1v) is 10.8. The van der Waals surface area contributed by atoms with Crippen molar-refractivity contribution >= 4 is 17.9 Å². The highest BCUT2D eigenvalue weighted by Crippen LogP contribution is 2.23. The van der Waals surface area contributed by atoms with Crippen molar-refractivity contribution in [3.05, 3.63) is 60.2 Å². The Hall–Kier alpha value is -4.00. The zero-order valence-electron chi connectivity index (χ0n) is 20.4. The summed E-state index contributed by atoms with van der Waals surface area (Å²) in [7, 11) is 0. The lowest BCUT2D eigenvalue weighted by molar-refractivity contribution is -0.193. The quantitative estimate of drug-likeness (QED) is 0.377. The number of rotatable bonds is 4. The average Bonchev–Trinajstić information content (AvgIpc) is 3.18. The maximum Gasteiger partial charge on any atom is 0.490 e. The molecule has 1 fully saturated rings. The Morgan fingerprint density at radius 1 is 0.756 bits per heavy atom. The lowest BCUT2D eigenvalue weighted by Crippen LogP contribution is -2.36. The summed E-state index contributed by atoms with van der Waals surface area (Å²) < 4.78 is 95.2. The van der Waals surface area contributed by atoms with Crippen LogP contribution in [0.2, 0.25) is 0 Å². The minimum atomic E-state index is -5.08. The Bertz CT molecular complexity index is 1030. The number of alkyl halides is 9. The number of carbonyl (C=O) groups is 3. The van der Waals surface area contributed by atoms with Gasteiger partial charge in [-0.3, -0.25) is 14.9 Å². The molecule has 3 heterocycles. The summed E-state index contributed by atoms with van der Waals surface area (Å²) in [5, 5.41) is 31.6. The second-order valence-corrected chi connectivity index (χ2v) is 7.72. The van der Waals surface area contributed by atoms with Crippen molar-refractivity contribution in [3.8, 4) is 0 Å². The van der Waals surface area contributed by atoms with Crippen molar-refractivity contribution in [2.75, 3.05) is 6.54 Å². The minimum absolute atomic E-state index is 0.173. The molecule has 1 aliphatic heterocycles. The number of pyridine rings is 2. The number of halogens is 9. The topological polar surface area (TPSA) is 161 Å². The fourth-order valence-corrected chi connectivity index (χ4v) is 2.84. The fourth-order valence-electron chi connectivity index (χ4n) is 2.84. The first-order chi connectivity index (χ1) is 18.7. The van der Waals surface area contributed by atoms with Gasteiger partial charge in [-0.1, -0.05) is 6.07 Å². The third-order valence-electron chi connectivity index (χ3n) is 4.66. The Morgan fingerprint density at radius 3 is 1.56 bits per heavy atom. The number of nitrogens with zero attached hydrogens (tertiary/aromatic N) is 3. The normalized spacial score (nSPS) is 17.0. The maximum atomic E-state index is 10.6. The van der Waals surface area contributed by atoms with Crippen LogP contribution in [0.25, 0.3) is 0 Å². The SMILES string of the molecule is O=C(O)C(F)(F)F.O=C(O)C(F)(F)F.O=C(O)C(F)(F)F.O[C@@H]1CCN(Cc2ccncc2)[C@H]1Cc1cccnc1. The second kappa shape index (κ2) is 16.3. The predicted molar refractivity (Wildman–Crippen MR) is 118 cm³/mol. The zero-order valence-corrected chi connectivity index (χ0v) is 20.4. The highest BCUT2D eigenvalue weighted by molar-refractivity contribution is 5.73. The van der Waals surface area contributed by atoms with Crippen LogP contribution in [0.4, 0.5) is 39.5 Å². The molecule has 19 heteroatoms. The first kappa shape index (κ1) is 37.0. The van der Waals surface area contributed by atoms with E-state index in [9.17, 15) is 44.6 Å². The lowest BCUT2D eigenvalue weighted by atomic mass is 10.0. The monoisotopic (exact) mass is 611 g/mol. The number of likely N-dealkylation sites (tertiary alicyclic amines) is 1. The highest BCUT2D eigenvalue weighted by atomic mass is 19.4. The van der Waals surface area contributed by atoms with Crippen LogP contribution in [0.5, 0.6) is 0 Å². The van der Waals surface area contributed by atoms with Gasteiger partial charge < -0.3 is 20.4 Å². The molecule has 41 heavy (non-hydrogen) atoms. The van der Waals surface area contributed by atoms with Crippen LogP contribution < -0.4 is 0 Å². The van der Waals surface area contributed by atoms with Gasteiger partial charge in [0.1, 0.15) is 0 Å². The molecule has 2 aromatic heterocycles. The van der Waals surface area contributed by atoms with Gasteiger partial charge in [0.25, 0.3) is 0 Å². The molecule has 0 aromatic carbocycles. The van der Waals surface area contributed by atoms with Crippen LogP contribution >= 0.6 is 0 Å². The van der Waals surface area contributed by atoms with Crippen molar-refractivity contribution in [2.45, 2.75) is 50.1 Å². The molecule has 0 radical (unpaired) electrons. The lowest BCUT2D eigenvalue weighted by Gasteiger charge is -2.26. The number of hydrogen-bond donors (Lipinski definition) is 4. The van der Waals surface area contributed by atoms with Crippen molar-refractivity contribution in [3.63, 3.8) is 0 Å². The molecule has 230 valence electrons.